The van der Waals surface area contributed by atoms with Gasteiger partial charge in [0.2, 0.25) is 0 Å². The Morgan fingerprint density at radius 3 is 2.57 bits per heavy atom. The van der Waals surface area contributed by atoms with E-state index in [4.69, 9.17) is 16.3 Å². The third kappa shape index (κ3) is 4.26. The molecule has 4 rings (SSSR count). The molecular formula is C23H29ClN4O2. The molecule has 1 saturated heterocycles. The molecule has 0 radical (unpaired) electrons. The Hall–Kier alpha value is -2.28. The van der Waals surface area contributed by atoms with Gasteiger partial charge in [0, 0.05) is 43.9 Å². The van der Waals surface area contributed by atoms with Gasteiger partial charge in [0.25, 0.3) is 5.91 Å². The summed E-state index contributed by atoms with van der Waals surface area (Å²) in [5, 5.41) is 4.35. The largest absolute Gasteiger partial charge is 0.379 e. The number of nitrogens with zero attached hydrogens (tertiary/aromatic N) is 3. The number of hydrogen-bond acceptors (Lipinski definition) is 5. The summed E-state index contributed by atoms with van der Waals surface area (Å²) in [4.78, 5) is 19.4. The molecule has 160 valence electrons. The van der Waals surface area contributed by atoms with Gasteiger partial charge >= 0.3 is 0 Å². The van der Waals surface area contributed by atoms with Crippen molar-refractivity contribution in [3.05, 3.63) is 64.5 Å². The Morgan fingerprint density at radius 1 is 1.20 bits per heavy atom. The number of likely N-dealkylation sites (N-methyl/N-ethyl adjacent to an activating group) is 1. The molecule has 0 aliphatic carbocycles. The highest BCUT2D eigenvalue weighted by molar-refractivity contribution is 6.30. The van der Waals surface area contributed by atoms with E-state index in [-0.39, 0.29) is 12.1 Å². The highest BCUT2D eigenvalue weighted by Crippen LogP contribution is 2.32. The Balaban J connectivity index is 1.68. The molecule has 0 bridgehead atoms. The van der Waals surface area contributed by atoms with Crippen LogP contribution in [0.4, 0.5) is 0 Å². The van der Waals surface area contributed by atoms with Crippen molar-refractivity contribution in [3.8, 4) is 0 Å². The molecule has 30 heavy (non-hydrogen) atoms. The van der Waals surface area contributed by atoms with Crippen LogP contribution in [0.25, 0.3) is 5.70 Å². The predicted molar refractivity (Wildman–Crippen MR) is 120 cm³/mol. The number of halogens is 1. The van der Waals surface area contributed by atoms with Gasteiger partial charge in [0.05, 0.1) is 30.2 Å². The fourth-order valence-corrected chi connectivity index (χ4v) is 4.23. The SMILES string of the molecule is CCN(CC)C(=O)C1=CN2C(CN3CCOCC3)=C(c3ccc(Cl)cc3)NC2C=C1. The maximum Gasteiger partial charge on any atom is 0.255 e. The molecule has 0 spiro atoms. The van der Waals surface area contributed by atoms with E-state index in [9.17, 15) is 4.79 Å². The summed E-state index contributed by atoms with van der Waals surface area (Å²) in [5.41, 5.74) is 4.06. The topological polar surface area (TPSA) is 48.1 Å². The second-order valence-corrected chi connectivity index (χ2v) is 8.07. The number of nitrogens with one attached hydrogen (secondary N) is 1. The molecule has 3 aliphatic heterocycles. The molecule has 1 atom stereocenters. The number of fused-ring (bicyclic) bond motifs is 1. The van der Waals surface area contributed by atoms with Crippen LogP contribution in [-0.4, -0.2) is 72.7 Å². The molecule has 1 unspecified atom stereocenters. The zero-order valence-electron chi connectivity index (χ0n) is 17.6. The number of benzene rings is 1. The third-order valence-electron chi connectivity index (χ3n) is 5.84. The van der Waals surface area contributed by atoms with Crippen molar-refractivity contribution in [2.24, 2.45) is 0 Å². The second kappa shape index (κ2) is 9.25. The van der Waals surface area contributed by atoms with Crippen LogP contribution >= 0.6 is 11.6 Å². The summed E-state index contributed by atoms with van der Waals surface area (Å²) in [6.07, 6.45) is 6.00. The first kappa shape index (κ1) is 21.0. The first-order chi connectivity index (χ1) is 14.6. The molecule has 6 nitrogen and oxygen atoms in total. The van der Waals surface area contributed by atoms with Crippen molar-refractivity contribution in [1.82, 2.24) is 20.0 Å². The summed E-state index contributed by atoms with van der Waals surface area (Å²) in [5.74, 6) is 0.0698. The number of carbonyl (C=O) groups is 1. The lowest BCUT2D eigenvalue weighted by molar-refractivity contribution is -0.126. The first-order valence-electron chi connectivity index (χ1n) is 10.6. The van der Waals surface area contributed by atoms with Gasteiger partial charge in [-0.15, -0.1) is 0 Å². The van der Waals surface area contributed by atoms with Gasteiger partial charge in [-0.3, -0.25) is 9.69 Å². The fourth-order valence-electron chi connectivity index (χ4n) is 4.10. The number of amides is 1. The standard InChI is InChI=1S/C23H29ClN4O2/c1-3-27(4-2)23(29)18-7-10-21-25-22(17-5-8-19(24)9-6-17)20(28(21)15-18)16-26-11-13-30-14-12-26/h5-10,15,21,25H,3-4,11-14,16H2,1-2H3. The van der Waals surface area contributed by atoms with Crippen LogP contribution in [0, 0.1) is 0 Å². The van der Waals surface area contributed by atoms with Crippen LogP contribution in [0.1, 0.15) is 19.4 Å². The van der Waals surface area contributed by atoms with Gasteiger partial charge in [-0.2, -0.15) is 0 Å². The number of rotatable bonds is 6. The van der Waals surface area contributed by atoms with E-state index in [1.54, 1.807) is 0 Å². The normalized spacial score (nSPS) is 21.4. The molecule has 3 aliphatic rings. The molecule has 7 heteroatoms. The van der Waals surface area contributed by atoms with E-state index in [0.717, 1.165) is 49.1 Å². The molecule has 1 N–H and O–H groups in total. The first-order valence-corrected chi connectivity index (χ1v) is 11.0. The van der Waals surface area contributed by atoms with Gasteiger partial charge in [0.15, 0.2) is 0 Å². The van der Waals surface area contributed by atoms with E-state index < -0.39 is 0 Å². The number of hydrogen-bond donors (Lipinski definition) is 1. The van der Waals surface area contributed by atoms with E-state index in [0.29, 0.717) is 18.7 Å². The van der Waals surface area contributed by atoms with Gasteiger partial charge in [-0.25, -0.2) is 0 Å². The van der Waals surface area contributed by atoms with Crippen LogP contribution in [0.3, 0.4) is 0 Å². The highest BCUT2D eigenvalue weighted by atomic mass is 35.5. The Bertz CT molecular complexity index is 868. The average Bonchev–Trinajstić information content (AvgIpc) is 3.13. The lowest BCUT2D eigenvalue weighted by Gasteiger charge is -2.32. The fraction of sp³-hybridized carbons (Fsp3) is 0.435. The highest BCUT2D eigenvalue weighted by Gasteiger charge is 2.33. The van der Waals surface area contributed by atoms with E-state index in [1.165, 1.54) is 5.70 Å². The van der Waals surface area contributed by atoms with Gasteiger partial charge in [-0.1, -0.05) is 23.7 Å². The molecule has 1 amide bonds. The zero-order chi connectivity index (χ0) is 21.1. The molecule has 0 aromatic heterocycles. The van der Waals surface area contributed by atoms with E-state index >= 15 is 0 Å². The van der Waals surface area contributed by atoms with Crippen LogP contribution in [0.15, 0.2) is 53.9 Å². The molecule has 3 heterocycles. The van der Waals surface area contributed by atoms with Crippen molar-refractivity contribution in [2.45, 2.75) is 20.0 Å². The zero-order valence-corrected chi connectivity index (χ0v) is 18.4. The summed E-state index contributed by atoms with van der Waals surface area (Å²) in [6, 6.07) is 7.90. The second-order valence-electron chi connectivity index (χ2n) is 7.63. The molecule has 1 fully saturated rings. The van der Waals surface area contributed by atoms with Crippen molar-refractivity contribution in [1.29, 1.82) is 0 Å². The Labute approximate surface area is 183 Å². The third-order valence-corrected chi connectivity index (χ3v) is 6.09. The number of carbonyl (C=O) groups excluding carboxylic acids is 1. The molecule has 1 aromatic rings. The van der Waals surface area contributed by atoms with Crippen molar-refractivity contribution >= 4 is 23.2 Å². The summed E-state index contributed by atoms with van der Waals surface area (Å²) < 4.78 is 5.52. The summed E-state index contributed by atoms with van der Waals surface area (Å²) >= 11 is 6.11. The summed E-state index contributed by atoms with van der Waals surface area (Å²) in [7, 11) is 0. The quantitative estimate of drug-likeness (QED) is 0.755. The van der Waals surface area contributed by atoms with Crippen LogP contribution < -0.4 is 5.32 Å². The van der Waals surface area contributed by atoms with Crippen molar-refractivity contribution < 1.29 is 9.53 Å². The van der Waals surface area contributed by atoms with Crippen molar-refractivity contribution in [2.75, 3.05) is 45.9 Å². The Morgan fingerprint density at radius 2 is 1.90 bits per heavy atom. The maximum atomic E-state index is 12.9. The minimum Gasteiger partial charge on any atom is -0.379 e. The minimum absolute atomic E-state index is 0.0000262. The monoisotopic (exact) mass is 428 g/mol. The van der Waals surface area contributed by atoms with Crippen LogP contribution in [0.2, 0.25) is 5.02 Å². The van der Waals surface area contributed by atoms with Gasteiger partial charge in [-0.05, 0) is 43.7 Å². The lowest BCUT2D eigenvalue weighted by Crippen LogP contribution is -2.41. The van der Waals surface area contributed by atoms with E-state index in [1.807, 2.05) is 55.3 Å². The number of ether oxygens (including phenoxy) is 1. The number of morpholine rings is 1. The smallest absolute Gasteiger partial charge is 0.255 e. The van der Waals surface area contributed by atoms with E-state index in [2.05, 4.69) is 21.2 Å². The van der Waals surface area contributed by atoms with Crippen LogP contribution in [-0.2, 0) is 9.53 Å². The van der Waals surface area contributed by atoms with Gasteiger partial charge < -0.3 is 19.9 Å². The maximum absolute atomic E-state index is 12.9. The van der Waals surface area contributed by atoms with Crippen molar-refractivity contribution in [3.63, 3.8) is 0 Å². The molecule has 1 aromatic carbocycles. The van der Waals surface area contributed by atoms with Gasteiger partial charge in [0.1, 0.15) is 6.17 Å². The molecule has 0 saturated carbocycles. The summed E-state index contributed by atoms with van der Waals surface area (Å²) in [6.45, 7) is 9.53. The lowest BCUT2D eigenvalue weighted by atomic mass is 10.1. The Kier molecular flexibility index (Phi) is 6.46. The average molecular weight is 429 g/mol. The minimum atomic E-state index is -0.0000262. The molecular weight excluding hydrogens is 400 g/mol. The van der Waals surface area contributed by atoms with Crippen LogP contribution in [0.5, 0.6) is 0 Å². The predicted octanol–water partition coefficient (Wildman–Crippen LogP) is 2.89.